The average Bonchev–Trinajstić information content (AvgIpc) is 2.51. The molecule has 1 unspecified atom stereocenters. The van der Waals surface area contributed by atoms with Gasteiger partial charge in [0.2, 0.25) is 15.9 Å². The van der Waals surface area contributed by atoms with Crippen LogP contribution in [0.25, 0.3) is 0 Å². The van der Waals surface area contributed by atoms with Gasteiger partial charge in [-0.3, -0.25) is 4.79 Å². The first-order valence-electron chi connectivity index (χ1n) is 6.49. The minimum Gasteiger partial charge on any atom is -0.344 e. The molecule has 5 nitrogen and oxygen atoms in total. The van der Waals surface area contributed by atoms with Crippen LogP contribution in [0.5, 0.6) is 0 Å². The van der Waals surface area contributed by atoms with E-state index in [0.29, 0.717) is 12.2 Å². The summed E-state index contributed by atoms with van der Waals surface area (Å²) in [4.78, 5) is 11.9. The zero-order chi connectivity index (χ0) is 17.5. The quantitative estimate of drug-likeness (QED) is 0.662. The Hall–Kier alpha value is -0.910. The number of sulfonamides is 1. The van der Waals surface area contributed by atoms with Gasteiger partial charge in [-0.1, -0.05) is 29.1 Å². The maximum absolute atomic E-state index is 12.5. The lowest BCUT2D eigenvalue weighted by Crippen LogP contribution is -2.47. The molecule has 1 aromatic carbocycles. The Labute approximate surface area is 150 Å². The topological polar surface area (TPSA) is 75.3 Å². The zero-order valence-corrected chi connectivity index (χ0v) is 15.5. The predicted octanol–water partition coefficient (Wildman–Crippen LogP) is 2.14. The van der Waals surface area contributed by atoms with E-state index in [1.807, 2.05) is 6.26 Å². The van der Waals surface area contributed by atoms with Gasteiger partial charge in [0.15, 0.2) is 0 Å². The minimum atomic E-state index is -4.00. The number of hydrogen-bond donors (Lipinski definition) is 2. The lowest BCUT2D eigenvalue weighted by molar-refractivity contribution is -0.122. The number of carbonyl (C=O) groups is 1. The number of hydrogen-bond acceptors (Lipinski definition) is 4. The monoisotopic (exact) mass is 394 g/mol. The lowest BCUT2D eigenvalue weighted by Gasteiger charge is -2.18. The van der Waals surface area contributed by atoms with Gasteiger partial charge in [0, 0.05) is 5.02 Å². The van der Waals surface area contributed by atoms with Gasteiger partial charge in [-0.05, 0) is 36.6 Å². The second kappa shape index (κ2) is 9.40. The predicted molar refractivity (Wildman–Crippen MR) is 95.4 cm³/mol. The lowest BCUT2D eigenvalue weighted by atomic mass is 10.2. The van der Waals surface area contributed by atoms with Crippen LogP contribution in [0.2, 0.25) is 10.0 Å². The van der Waals surface area contributed by atoms with Crippen molar-refractivity contribution in [2.45, 2.75) is 17.4 Å². The van der Waals surface area contributed by atoms with Gasteiger partial charge >= 0.3 is 0 Å². The summed E-state index contributed by atoms with van der Waals surface area (Å²) in [5, 5.41) is 2.72. The summed E-state index contributed by atoms with van der Waals surface area (Å²) in [7, 11) is -4.00. The molecule has 0 heterocycles. The van der Waals surface area contributed by atoms with Gasteiger partial charge in [0.25, 0.3) is 0 Å². The van der Waals surface area contributed by atoms with E-state index in [9.17, 15) is 13.2 Å². The summed E-state index contributed by atoms with van der Waals surface area (Å²) in [6.45, 7) is 0.0221. The van der Waals surface area contributed by atoms with Gasteiger partial charge in [0.1, 0.15) is 10.9 Å². The molecule has 0 radical (unpaired) electrons. The molecule has 2 N–H and O–H groups in total. The third-order valence-electron chi connectivity index (χ3n) is 2.77. The normalized spacial score (nSPS) is 12.4. The summed E-state index contributed by atoms with van der Waals surface area (Å²) < 4.78 is 27.3. The number of terminal acetylenes is 1. The SMILES string of the molecule is C#CCNC(=O)C(CCSC)NS(=O)(=O)c1cc(Cl)ccc1Cl. The number of benzene rings is 1. The largest absolute Gasteiger partial charge is 0.344 e. The van der Waals surface area contributed by atoms with Crippen molar-refractivity contribution in [2.75, 3.05) is 18.6 Å². The first kappa shape index (κ1) is 20.1. The van der Waals surface area contributed by atoms with Crippen LogP contribution in [0.4, 0.5) is 0 Å². The third kappa shape index (κ3) is 6.24. The molecule has 1 amide bonds. The molecule has 0 aromatic heterocycles. The van der Waals surface area contributed by atoms with Crippen LogP contribution < -0.4 is 10.0 Å². The highest BCUT2D eigenvalue weighted by Gasteiger charge is 2.27. The Bertz CT molecular complexity index is 702. The van der Waals surface area contributed by atoms with E-state index in [4.69, 9.17) is 29.6 Å². The Morgan fingerprint density at radius 2 is 2.13 bits per heavy atom. The molecule has 126 valence electrons. The smallest absolute Gasteiger partial charge is 0.242 e. The molecule has 0 aliphatic rings. The van der Waals surface area contributed by atoms with Gasteiger partial charge < -0.3 is 5.32 Å². The summed E-state index contributed by atoms with van der Waals surface area (Å²) in [6.07, 6.45) is 7.27. The molecule has 0 aliphatic heterocycles. The van der Waals surface area contributed by atoms with Crippen molar-refractivity contribution in [1.29, 1.82) is 0 Å². The van der Waals surface area contributed by atoms with E-state index >= 15 is 0 Å². The van der Waals surface area contributed by atoms with Crippen LogP contribution in [0.3, 0.4) is 0 Å². The van der Waals surface area contributed by atoms with E-state index in [1.165, 1.54) is 30.0 Å². The van der Waals surface area contributed by atoms with Gasteiger partial charge in [-0.15, -0.1) is 6.42 Å². The molecule has 1 atom stereocenters. The highest BCUT2D eigenvalue weighted by atomic mass is 35.5. The second-order valence-electron chi connectivity index (χ2n) is 4.45. The number of nitrogens with one attached hydrogen (secondary N) is 2. The first-order valence-corrected chi connectivity index (χ1v) is 10.1. The number of thioether (sulfide) groups is 1. The molecule has 0 saturated carbocycles. The van der Waals surface area contributed by atoms with E-state index in [1.54, 1.807) is 0 Å². The highest BCUT2D eigenvalue weighted by molar-refractivity contribution is 7.98. The Kier molecular flexibility index (Phi) is 8.23. The van der Waals surface area contributed by atoms with Crippen LogP contribution >= 0.6 is 35.0 Å². The summed E-state index contributed by atoms with van der Waals surface area (Å²) in [5.74, 6) is 2.38. The summed E-state index contributed by atoms with van der Waals surface area (Å²) in [6, 6.07) is 3.15. The third-order valence-corrected chi connectivity index (χ3v) is 5.60. The highest BCUT2D eigenvalue weighted by Crippen LogP contribution is 2.25. The summed E-state index contributed by atoms with van der Waals surface area (Å²) >= 11 is 13.2. The fraction of sp³-hybridized carbons (Fsp3) is 0.357. The van der Waals surface area contributed by atoms with Crippen molar-refractivity contribution in [1.82, 2.24) is 10.0 Å². The Morgan fingerprint density at radius 3 is 2.74 bits per heavy atom. The van der Waals surface area contributed by atoms with Crippen LogP contribution in [0, 0.1) is 12.3 Å². The van der Waals surface area contributed by atoms with E-state index in [2.05, 4.69) is 16.0 Å². The average molecular weight is 395 g/mol. The zero-order valence-electron chi connectivity index (χ0n) is 12.3. The fourth-order valence-corrected chi connectivity index (χ4v) is 4.14. The molecule has 1 rings (SSSR count). The van der Waals surface area contributed by atoms with Crippen molar-refractivity contribution in [3.05, 3.63) is 28.2 Å². The van der Waals surface area contributed by atoms with Gasteiger partial charge in [-0.2, -0.15) is 16.5 Å². The van der Waals surface area contributed by atoms with Crippen LogP contribution in [-0.4, -0.2) is 38.9 Å². The van der Waals surface area contributed by atoms with Crippen molar-refractivity contribution in [2.24, 2.45) is 0 Å². The number of rotatable bonds is 8. The van der Waals surface area contributed by atoms with Crippen LogP contribution in [0.1, 0.15) is 6.42 Å². The number of halogens is 2. The molecular formula is C14H16Cl2N2O3S2. The molecule has 23 heavy (non-hydrogen) atoms. The first-order chi connectivity index (χ1) is 10.8. The molecule has 9 heteroatoms. The number of amides is 1. The van der Waals surface area contributed by atoms with Crippen LogP contribution in [-0.2, 0) is 14.8 Å². The summed E-state index contributed by atoms with van der Waals surface area (Å²) in [5.41, 5.74) is 0. The Balaban J connectivity index is 3.02. The molecule has 0 bridgehead atoms. The van der Waals surface area contributed by atoms with Crippen molar-refractivity contribution < 1.29 is 13.2 Å². The standard InChI is InChI=1S/C14H16Cl2N2O3S2/c1-3-7-17-14(19)12(6-8-22-2)18-23(20,21)13-9-10(15)4-5-11(13)16/h1,4-5,9,12,18H,6-8H2,2H3,(H,17,19). The maximum Gasteiger partial charge on any atom is 0.242 e. The maximum atomic E-state index is 12.5. The number of carbonyl (C=O) groups excluding carboxylic acids is 1. The molecular weight excluding hydrogens is 379 g/mol. The molecule has 1 aromatic rings. The minimum absolute atomic E-state index is 0.0221. The Morgan fingerprint density at radius 1 is 1.43 bits per heavy atom. The van der Waals surface area contributed by atoms with E-state index in [0.717, 1.165) is 0 Å². The molecule has 0 saturated heterocycles. The van der Waals surface area contributed by atoms with Crippen molar-refractivity contribution in [3.8, 4) is 12.3 Å². The van der Waals surface area contributed by atoms with E-state index in [-0.39, 0.29) is 21.5 Å². The second-order valence-corrected chi connectivity index (χ2v) is 7.96. The van der Waals surface area contributed by atoms with Gasteiger partial charge in [0.05, 0.1) is 11.6 Å². The van der Waals surface area contributed by atoms with Gasteiger partial charge in [-0.25, -0.2) is 8.42 Å². The molecule has 0 aliphatic carbocycles. The van der Waals surface area contributed by atoms with Crippen LogP contribution in [0.15, 0.2) is 23.1 Å². The fourth-order valence-electron chi connectivity index (χ4n) is 1.67. The molecule has 0 fully saturated rings. The van der Waals surface area contributed by atoms with E-state index < -0.39 is 22.0 Å². The van der Waals surface area contributed by atoms with Crippen molar-refractivity contribution in [3.63, 3.8) is 0 Å². The van der Waals surface area contributed by atoms with Crippen molar-refractivity contribution >= 4 is 50.9 Å². The molecule has 0 spiro atoms.